The Morgan fingerprint density at radius 1 is 1.22 bits per heavy atom. The third-order valence-corrected chi connectivity index (χ3v) is 5.26. The highest BCUT2D eigenvalue weighted by Crippen LogP contribution is 2.19. The number of benzene rings is 2. The van der Waals surface area contributed by atoms with Gasteiger partial charge in [0, 0.05) is 19.8 Å². The zero-order valence-corrected chi connectivity index (χ0v) is 16.5. The van der Waals surface area contributed by atoms with Crippen molar-refractivity contribution in [3.63, 3.8) is 0 Å². The maximum atomic E-state index is 13.8. The molecule has 0 aromatic heterocycles. The molecule has 1 atom stereocenters. The monoisotopic (exact) mass is 394 g/mol. The fraction of sp³-hybridized carbons (Fsp3) is 0.316. The van der Waals surface area contributed by atoms with E-state index in [0.29, 0.717) is 5.56 Å². The molecule has 0 aliphatic heterocycles. The van der Waals surface area contributed by atoms with Crippen LogP contribution in [0.1, 0.15) is 24.1 Å². The molecule has 2 amide bonds. The number of methoxy groups -OCH3 is 1. The molecule has 0 heterocycles. The Morgan fingerprint density at radius 3 is 2.37 bits per heavy atom. The van der Waals surface area contributed by atoms with Gasteiger partial charge in [-0.05, 0) is 42.3 Å². The van der Waals surface area contributed by atoms with Crippen LogP contribution in [-0.4, -0.2) is 39.8 Å². The lowest BCUT2D eigenvalue weighted by Gasteiger charge is -2.22. The second kappa shape index (κ2) is 8.39. The Bertz CT molecular complexity index is 914. The van der Waals surface area contributed by atoms with Crippen molar-refractivity contribution in [3.05, 3.63) is 59.4 Å². The first-order valence-electron chi connectivity index (χ1n) is 8.26. The van der Waals surface area contributed by atoms with Gasteiger partial charge in [-0.15, -0.1) is 0 Å². The summed E-state index contributed by atoms with van der Waals surface area (Å²) in [6.07, 6.45) is 1.14. The molecule has 8 heteroatoms. The SMILES string of the molecule is COc1ccc(CN(C)C(=O)NC(C)c2ccc(S(C)(=O)=O)cc2)cc1F. The average molecular weight is 394 g/mol. The van der Waals surface area contributed by atoms with Gasteiger partial charge in [-0.1, -0.05) is 18.2 Å². The summed E-state index contributed by atoms with van der Waals surface area (Å²) < 4.78 is 41.7. The van der Waals surface area contributed by atoms with E-state index in [-0.39, 0.29) is 29.3 Å². The van der Waals surface area contributed by atoms with Gasteiger partial charge >= 0.3 is 6.03 Å². The summed E-state index contributed by atoms with van der Waals surface area (Å²) in [4.78, 5) is 14.0. The number of nitrogens with one attached hydrogen (secondary N) is 1. The number of rotatable bonds is 6. The highest BCUT2D eigenvalue weighted by atomic mass is 32.2. The minimum Gasteiger partial charge on any atom is -0.494 e. The summed E-state index contributed by atoms with van der Waals surface area (Å²) in [5, 5.41) is 2.83. The third-order valence-electron chi connectivity index (χ3n) is 4.13. The van der Waals surface area contributed by atoms with Crippen LogP contribution in [0, 0.1) is 5.82 Å². The second-order valence-electron chi connectivity index (χ2n) is 6.34. The minimum absolute atomic E-state index is 0.150. The maximum Gasteiger partial charge on any atom is 0.317 e. The van der Waals surface area contributed by atoms with Gasteiger partial charge in [0.25, 0.3) is 0 Å². The molecule has 0 saturated carbocycles. The van der Waals surface area contributed by atoms with E-state index in [9.17, 15) is 17.6 Å². The zero-order valence-electron chi connectivity index (χ0n) is 15.7. The van der Waals surface area contributed by atoms with Gasteiger partial charge in [0.15, 0.2) is 21.4 Å². The third kappa shape index (κ3) is 5.43. The number of hydrogen-bond donors (Lipinski definition) is 1. The Kier molecular flexibility index (Phi) is 6.43. The van der Waals surface area contributed by atoms with Gasteiger partial charge in [0.2, 0.25) is 0 Å². The Morgan fingerprint density at radius 2 is 1.85 bits per heavy atom. The summed E-state index contributed by atoms with van der Waals surface area (Å²) in [6.45, 7) is 2.03. The van der Waals surface area contributed by atoms with E-state index >= 15 is 0 Å². The van der Waals surface area contributed by atoms with Crippen LogP contribution in [0.2, 0.25) is 0 Å². The molecule has 2 aromatic rings. The maximum absolute atomic E-state index is 13.8. The van der Waals surface area contributed by atoms with E-state index in [1.54, 1.807) is 32.2 Å². The molecule has 0 spiro atoms. The van der Waals surface area contributed by atoms with Crippen LogP contribution < -0.4 is 10.1 Å². The molecular weight excluding hydrogens is 371 g/mol. The van der Waals surface area contributed by atoms with Gasteiger partial charge in [-0.3, -0.25) is 0 Å². The fourth-order valence-electron chi connectivity index (χ4n) is 2.54. The van der Waals surface area contributed by atoms with Crippen LogP contribution in [0.3, 0.4) is 0 Å². The van der Waals surface area contributed by atoms with Gasteiger partial charge in [0.1, 0.15) is 0 Å². The summed E-state index contributed by atoms with van der Waals surface area (Å²) in [6, 6.07) is 10.2. The predicted molar refractivity (Wildman–Crippen MR) is 101 cm³/mol. The quantitative estimate of drug-likeness (QED) is 0.817. The molecular formula is C19H23FN2O4S. The summed E-state index contributed by atoms with van der Waals surface area (Å²) in [7, 11) is -0.262. The van der Waals surface area contributed by atoms with E-state index in [0.717, 1.165) is 11.8 Å². The lowest BCUT2D eigenvalue weighted by Crippen LogP contribution is -2.38. The predicted octanol–water partition coefficient (Wildman–Crippen LogP) is 3.14. The average Bonchev–Trinajstić information content (AvgIpc) is 2.61. The number of sulfone groups is 1. The lowest BCUT2D eigenvalue weighted by atomic mass is 10.1. The van der Waals surface area contributed by atoms with Crippen LogP contribution in [0.4, 0.5) is 9.18 Å². The van der Waals surface area contributed by atoms with Crippen molar-refractivity contribution < 1.29 is 22.3 Å². The Hall–Kier alpha value is -2.61. The van der Waals surface area contributed by atoms with Crippen LogP contribution in [0.5, 0.6) is 5.75 Å². The minimum atomic E-state index is -3.26. The van der Waals surface area contributed by atoms with Crippen molar-refractivity contribution in [2.24, 2.45) is 0 Å². The smallest absolute Gasteiger partial charge is 0.317 e. The standard InChI is InChI=1S/C19H23FN2O4S/c1-13(15-6-8-16(9-7-15)27(4,24)25)21-19(23)22(2)12-14-5-10-18(26-3)17(20)11-14/h5-11,13H,12H2,1-4H3,(H,21,23). The number of nitrogens with zero attached hydrogens (tertiary/aromatic N) is 1. The van der Waals surface area contributed by atoms with Crippen LogP contribution in [0.25, 0.3) is 0 Å². The van der Waals surface area contributed by atoms with Crippen molar-refractivity contribution in [1.82, 2.24) is 10.2 Å². The fourth-order valence-corrected chi connectivity index (χ4v) is 3.17. The molecule has 0 bridgehead atoms. The van der Waals surface area contributed by atoms with E-state index in [1.165, 1.54) is 36.3 Å². The van der Waals surface area contributed by atoms with Crippen molar-refractivity contribution >= 4 is 15.9 Å². The molecule has 0 saturated heterocycles. The van der Waals surface area contributed by atoms with E-state index < -0.39 is 15.7 Å². The van der Waals surface area contributed by atoms with E-state index in [1.807, 2.05) is 0 Å². The first kappa shape index (κ1) is 20.7. The number of hydrogen-bond acceptors (Lipinski definition) is 4. The molecule has 27 heavy (non-hydrogen) atoms. The number of carbonyl (C=O) groups is 1. The van der Waals surface area contributed by atoms with Gasteiger partial charge in [-0.25, -0.2) is 17.6 Å². The number of urea groups is 1. The summed E-state index contributed by atoms with van der Waals surface area (Å²) in [5.41, 5.74) is 1.41. The summed E-state index contributed by atoms with van der Waals surface area (Å²) in [5.74, 6) is -0.333. The van der Waals surface area contributed by atoms with Crippen LogP contribution in [0.15, 0.2) is 47.4 Å². The molecule has 2 aromatic carbocycles. The lowest BCUT2D eigenvalue weighted by molar-refractivity contribution is 0.203. The highest BCUT2D eigenvalue weighted by molar-refractivity contribution is 7.90. The zero-order chi connectivity index (χ0) is 20.2. The van der Waals surface area contributed by atoms with Gasteiger partial charge in [0.05, 0.1) is 18.0 Å². The van der Waals surface area contributed by atoms with Crippen molar-refractivity contribution in [1.29, 1.82) is 0 Å². The highest BCUT2D eigenvalue weighted by Gasteiger charge is 2.15. The first-order valence-corrected chi connectivity index (χ1v) is 10.1. The van der Waals surface area contributed by atoms with Crippen LogP contribution in [-0.2, 0) is 16.4 Å². The summed E-state index contributed by atoms with van der Waals surface area (Å²) >= 11 is 0. The molecule has 1 N–H and O–H groups in total. The van der Waals surface area contributed by atoms with E-state index in [4.69, 9.17) is 4.74 Å². The van der Waals surface area contributed by atoms with Crippen molar-refractivity contribution in [2.75, 3.05) is 20.4 Å². The Labute approximate surface area is 158 Å². The topological polar surface area (TPSA) is 75.7 Å². The molecule has 0 fully saturated rings. The molecule has 2 rings (SSSR count). The molecule has 0 radical (unpaired) electrons. The Balaban J connectivity index is 2.00. The number of ether oxygens (including phenoxy) is 1. The molecule has 146 valence electrons. The van der Waals surface area contributed by atoms with E-state index in [2.05, 4.69) is 5.32 Å². The van der Waals surface area contributed by atoms with Crippen molar-refractivity contribution in [2.45, 2.75) is 24.4 Å². The number of amides is 2. The molecule has 6 nitrogen and oxygen atoms in total. The first-order chi connectivity index (χ1) is 12.6. The largest absolute Gasteiger partial charge is 0.494 e. The van der Waals surface area contributed by atoms with Crippen molar-refractivity contribution in [3.8, 4) is 5.75 Å². The van der Waals surface area contributed by atoms with Gasteiger partial charge in [-0.2, -0.15) is 0 Å². The molecule has 0 aliphatic carbocycles. The second-order valence-corrected chi connectivity index (χ2v) is 8.35. The molecule has 0 aliphatic rings. The molecule has 1 unspecified atom stereocenters. The number of carbonyl (C=O) groups excluding carboxylic acids is 1. The van der Waals surface area contributed by atoms with Crippen LogP contribution >= 0.6 is 0 Å². The number of halogens is 1. The van der Waals surface area contributed by atoms with Gasteiger partial charge < -0.3 is 15.0 Å². The normalized spacial score (nSPS) is 12.3.